The van der Waals surface area contributed by atoms with Crippen LogP contribution in [0.25, 0.3) is 0 Å². The van der Waals surface area contributed by atoms with Gasteiger partial charge in [0.15, 0.2) is 0 Å². The van der Waals surface area contributed by atoms with Crippen molar-refractivity contribution in [1.29, 1.82) is 0 Å². The lowest BCUT2D eigenvalue weighted by molar-refractivity contribution is 0.263. The van der Waals surface area contributed by atoms with Crippen LogP contribution in [-0.4, -0.2) is 40.5 Å². The van der Waals surface area contributed by atoms with E-state index in [-0.39, 0.29) is 0 Å². The molecule has 0 fully saturated rings. The van der Waals surface area contributed by atoms with Gasteiger partial charge in [-0.25, -0.2) is 4.98 Å². The molecule has 0 aromatic carbocycles. The minimum absolute atomic E-state index is 0.505. The third-order valence-electron chi connectivity index (χ3n) is 3.23. The van der Waals surface area contributed by atoms with E-state index in [1.165, 1.54) is 17.0 Å². The number of fused-ring (bicyclic) bond motifs is 1. The summed E-state index contributed by atoms with van der Waals surface area (Å²) in [6.07, 6.45) is 2.81. The van der Waals surface area contributed by atoms with Gasteiger partial charge in [0.2, 0.25) is 0 Å². The lowest BCUT2D eigenvalue weighted by Crippen LogP contribution is -2.45. The zero-order valence-electron chi connectivity index (χ0n) is 10.8. The molecular formula is C13H22N4. The molecule has 4 heteroatoms. The van der Waals surface area contributed by atoms with E-state index in [2.05, 4.69) is 40.6 Å². The van der Waals surface area contributed by atoms with E-state index >= 15 is 0 Å². The van der Waals surface area contributed by atoms with Crippen molar-refractivity contribution >= 4 is 0 Å². The molecule has 1 atom stereocenters. The van der Waals surface area contributed by atoms with Gasteiger partial charge in [0, 0.05) is 32.1 Å². The van der Waals surface area contributed by atoms with Gasteiger partial charge in [-0.3, -0.25) is 4.90 Å². The van der Waals surface area contributed by atoms with Crippen LogP contribution in [-0.2, 0) is 13.0 Å². The van der Waals surface area contributed by atoms with Gasteiger partial charge >= 0.3 is 0 Å². The molecule has 17 heavy (non-hydrogen) atoms. The van der Waals surface area contributed by atoms with Gasteiger partial charge in [-0.05, 0) is 13.5 Å². The molecule has 0 radical (unpaired) electrons. The molecular weight excluding hydrogens is 212 g/mol. The molecule has 1 unspecified atom stereocenters. The van der Waals surface area contributed by atoms with E-state index in [0.717, 1.165) is 32.6 Å². The lowest BCUT2D eigenvalue weighted by atomic mass is 10.0. The van der Waals surface area contributed by atoms with Crippen molar-refractivity contribution in [2.45, 2.75) is 32.9 Å². The molecule has 1 aliphatic heterocycles. The average Bonchev–Trinajstić information content (AvgIpc) is 2.74. The van der Waals surface area contributed by atoms with Gasteiger partial charge < -0.3 is 10.3 Å². The van der Waals surface area contributed by atoms with Crippen molar-refractivity contribution in [2.75, 3.05) is 19.6 Å². The van der Waals surface area contributed by atoms with Gasteiger partial charge in [-0.2, -0.15) is 0 Å². The quantitative estimate of drug-likeness (QED) is 0.755. The van der Waals surface area contributed by atoms with Gasteiger partial charge in [0.25, 0.3) is 0 Å². The van der Waals surface area contributed by atoms with Crippen LogP contribution in [0.3, 0.4) is 0 Å². The van der Waals surface area contributed by atoms with Crippen LogP contribution < -0.4 is 5.32 Å². The van der Waals surface area contributed by atoms with E-state index in [0.29, 0.717) is 6.04 Å². The van der Waals surface area contributed by atoms with Gasteiger partial charge in [0.1, 0.15) is 0 Å². The maximum absolute atomic E-state index is 4.37. The molecule has 1 aromatic rings. The molecule has 0 aliphatic carbocycles. The molecule has 2 N–H and O–H groups in total. The Morgan fingerprint density at radius 2 is 2.47 bits per heavy atom. The fourth-order valence-corrected chi connectivity index (χ4v) is 2.36. The molecule has 2 heterocycles. The second kappa shape index (κ2) is 5.47. The second-order valence-corrected chi connectivity index (χ2v) is 4.89. The summed E-state index contributed by atoms with van der Waals surface area (Å²) in [5.74, 6) is 0. The Kier molecular flexibility index (Phi) is 3.97. The summed E-state index contributed by atoms with van der Waals surface area (Å²) < 4.78 is 0. The van der Waals surface area contributed by atoms with Crippen molar-refractivity contribution in [3.8, 4) is 0 Å². The monoisotopic (exact) mass is 234 g/mol. The third-order valence-corrected chi connectivity index (χ3v) is 3.23. The largest absolute Gasteiger partial charge is 0.347 e. The van der Waals surface area contributed by atoms with E-state index in [4.69, 9.17) is 0 Å². The first-order valence-corrected chi connectivity index (χ1v) is 6.30. The fraction of sp³-hybridized carbons (Fsp3) is 0.615. The highest BCUT2D eigenvalue weighted by molar-refractivity contribution is 5.16. The van der Waals surface area contributed by atoms with Crippen molar-refractivity contribution < 1.29 is 0 Å². The van der Waals surface area contributed by atoms with Crippen LogP contribution >= 0.6 is 0 Å². The van der Waals surface area contributed by atoms with Crippen molar-refractivity contribution in [3.63, 3.8) is 0 Å². The molecule has 1 aromatic heterocycles. The molecule has 0 saturated heterocycles. The topological polar surface area (TPSA) is 44.0 Å². The standard InChI is InChI=1S/C13H22N4/c1-4-17(7-10(2)3)8-11-5-12-13(6-14-11)16-9-15-12/h9,11,14H,2,4-8H2,1,3H3,(H,15,16). The minimum Gasteiger partial charge on any atom is -0.347 e. The molecule has 2 rings (SSSR count). The fourth-order valence-electron chi connectivity index (χ4n) is 2.36. The predicted octanol–water partition coefficient (Wildman–Crippen LogP) is 1.32. The van der Waals surface area contributed by atoms with E-state index in [1.54, 1.807) is 6.33 Å². The van der Waals surface area contributed by atoms with Gasteiger partial charge in [-0.15, -0.1) is 0 Å². The maximum atomic E-state index is 4.37. The zero-order valence-corrected chi connectivity index (χ0v) is 10.8. The first kappa shape index (κ1) is 12.3. The van der Waals surface area contributed by atoms with Crippen LogP contribution in [0, 0.1) is 0 Å². The third kappa shape index (κ3) is 3.17. The van der Waals surface area contributed by atoms with E-state index < -0.39 is 0 Å². The van der Waals surface area contributed by atoms with Crippen LogP contribution in [0.5, 0.6) is 0 Å². The predicted molar refractivity (Wildman–Crippen MR) is 69.8 cm³/mol. The Hall–Kier alpha value is -1.13. The summed E-state index contributed by atoms with van der Waals surface area (Å²) in [6.45, 7) is 12.3. The lowest BCUT2D eigenvalue weighted by Gasteiger charge is -2.29. The molecule has 0 saturated carbocycles. The van der Waals surface area contributed by atoms with Crippen molar-refractivity contribution in [1.82, 2.24) is 20.2 Å². The minimum atomic E-state index is 0.505. The summed E-state index contributed by atoms with van der Waals surface area (Å²) in [6, 6.07) is 0.505. The molecule has 1 aliphatic rings. The summed E-state index contributed by atoms with van der Waals surface area (Å²) in [5.41, 5.74) is 3.69. The Bertz CT molecular complexity index is 383. The smallest absolute Gasteiger partial charge is 0.0925 e. The maximum Gasteiger partial charge on any atom is 0.0925 e. The SMILES string of the molecule is C=C(C)CN(CC)CC1Cc2nc[nH]c2CN1. The number of hydrogen-bond acceptors (Lipinski definition) is 3. The molecule has 0 amide bonds. The second-order valence-electron chi connectivity index (χ2n) is 4.89. The van der Waals surface area contributed by atoms with Crippen LogP contribution in [0.1, 0.15) is 25.2 Å². The Balaban J connectivity index is 1.90. The van der Waals surface area contributed by atoms with Crippen LogP contribution in [0.15, 0.2) is 18.5 Å². The van der Waals surface area contributed by atoms with Crippen molar-refractivity contribution in [3.05, 3.63) is 29.9 Å². The number of aromatic amines is 1. The summed E-state index contributed by atoms with van der Waals surface area (Å²) in [7, 11) is 0. The number of likely N-dealkylation sites (N-methyl/N-ethyl adjacent to an activating group) is 1. The number of H-pyrrole nitrogens is 1. The van der Waals surface area contributed by atoms with Crippen molar-refractivity contribution in [2.24, 2.45) is 0 Å². The molecule has 4 nitrogen and oxygen atoms in total. The average molecular weight is 234 g/mol. The molecule has 0 bridgehead atoms. The van der Waals surface area contributed by atoms with Crippen LogP contribution in [0.2, 0.25) is 0 Å². The summed E-state index contributed by atoms with van der Waals surface area (Å²) >= 11 is 0. The number of hydrogen-bond donors (Lipinski definition) is 2. The van der Waals surface area contributed by atoms with E-state index in [1.807, 2.05) is 0 Å². The van der Waals surface area contributed by atoms with Gasteiger partial charge in [0.05, 0.1) is 17.7 Å². The highest BCUT2D eigenvalue weighted by atomic mass is 15.2. The first-order chi connectivity index (χ1) is 8.19. The van der Waals surface area contributed by atoms with Crippen LogP contribution in [0.4, 0.5) is 0 Å². The number of rotatable bonds is 5. The number of nitrogens with one attached hydrogen (secondary N) is 2. The number of nitrogens with zero attached hydrogens (tertiary/aromatic N) is 2. The summed E-state index contributed by atoms with van der Waals surface area (Å²) in [4.78, 5) is 9.97. The highest BCUT2D eigenvalue weighted by Gasteiger charge is 2.21. The Morgan fingerprint density at radius 1 is 1.65 bits per heavy atom. The first-order valence-electron chi connectivity index (χ1n) is 6.30. The van der Waals surface area contributed by atoms with E-state index in [9.17, 15) is 0 Å². The Labute approximate surface area is 103 Å². The highest BCUT2D eigenvalue weighted by Crippen LogP contribution is 2.13. The normalized spacial score (nSPS) is 19.4. The number of imidazole rings is 1. The zero-order chi connectivity index (χ0) is 12.3. The molecule has 94 valence electrons. The number of aromatic nitrogens is 2. The molecule has 0 spiro atoms. The summed E-state index contributed by atoms with van der Waals surface area (Å²) in [5, 5.41) is 3.56. The van der Waals surface area contributed by atoms with Gasteiger partial charge in [-0.1, -0.05) is 19.1 Å². The Morgan fingerprint density at radius 3 is 3.18 bits per heavy atom.